The highest BCUT2D eigenvalue weighted by Crippen LogP contribution is 2.17. The number of pyridine rings is 1. The van der Waals surface area contributed by atoms with Gasteiger partial charge in [0.15, 0.2) is 0 Å². The second-order valence-electron chi connectivity index (χ2n) is 7.06. The fourth-order valence-electron chi connectivity index (χ4n) is 3.41. The van der Waals surface area contributed by atoms with Gasteiger partial charge in [-0.15, -0.1) is 0 Å². The summed E-state index contributed by atoms with van der Waals surface area (Å²) in [6.45, 7) is 4.56. The zero-order valence-corrected chi connectivity index (χ0v) is 16.1. The second kappa shape index (κ2) is 8.89. The number of piperazine rings is 1. The van der Waals surface area contributed by atoms with Crippen molar-refractivity contribution in [1.29, 1.82) is 0 Å². The highest BCUT2D eigenvalue weighted by atomic mass is 16.4. The highest BCUT2D eigenvalue weighted by Gasteiger charge is 2.18. The molecule has 1 saturated heterocycles. The van der Waals surface area contributed by atoms with Gasteiger partial charge in [0.2, 0.25) is 0 Å². The molecule has 1 fully saturated rings. The summed E-state index contributed by atoms with van der Waals surface area (Å²) in [5, 5.41) is 11.9. The zero-order valence-electron chi connectivity index (χ0n) is 16.1. The first-order valence-electron chi connectivity index (χ1n) is 9.68. The zero-order chi connectivity index (χ0) is 20.1. The summed E-state index contributed by atoms with van der Waals surface area (Å²) >= 11 is 0. The van der Waals surface area contributed by atoms with Crippen LogP contribution in [0.4, 0.5) is 11.5 Å². The van der Waals surface area contributed by atoms with E-state index in [-0.39, 0.29) is 12.5 Å². The van der Waals surface area contributed by atoms with Crippen LogP contribution >= 0.6 is 0 Å². The van der Waals surface area contributed by atoms with Crippen LogP contribution in [0, 0.1) is 0 Å². The van der Waals surface area contributed by atoms with E-state index in [1.54, 1.807) is 0 Å². The number of benzene rings is 1. The molecule has 1 aliphatic heterocycles. The lowest BCUT2D eigenvalue weighted by Gasteiger charge is -2.35. The number of hydrogen-bond donors (Lipinski definition) is 2. The van der Waals surface area contributed by atoms with Gasteiger partial charge < -0.3 is 19.7 Å². The van der Waals surface area contributed by atoms with Crippen LogP contribution in [0.5, 0.6) is 0 Å². The Kier molecular flexibility index (Phi) is 5.88. The van der Waals surface area contributed by atoms with Gasteiger partial charge in [-0.25, -0.2) is 4.98 Å². The third-order valence-corrected chi connectivity index (χ3v) is 5.04. The number of carbonyl (C=O) groups excluding carboxylic acids is 1. The van der Waals surface area contributed by atoms with Crippen LogP contribution in [0.3, 0.4) is 0 Å². The molecule has 7 heteroatoms. The molecular formula is C22H24N4O3. The fourth-order valence-corrected chi connectivity index (χ4v) is 3.41. The van der Waals surface area contributed by atoms with Crippen LogP contribution in [-0.4, -0.2) is 47.1 Å². The van der Waals surface area contributed by atoms with Crippen molar-refractivity contribution in [3.8, 4) is 0 Å². The van der Waals surface area contributed by atoms with Gasteiger partial charge in [-0.1, -0.05) is 18.2 Å². The van der Waals surface area contributed by atoms with Crippen molar-refractivity contribution in [2.24, 2.45) is 0 Å². The highest BCUT2D eigenvalue weighted by molar-refractivity contribution is 6.04. The minimum Gasteiger partial charge on any atom is -0.466 e. The molecule has 0 spiro atoms. The molecule has 150 valence electrons. The van der Waals surface area contributed by atoms with Gasteiger partial charge in [0.1, 0.15) is 24.4 Å². The molecule has 1 amide bonds. The van der Waals surface area contributed by atoms with Gasteiger partial charge in [-0.05, 0) is 35.9 Å². The smallest absolute Gasteiger partial charge is 0.258 e. The number of anilines is 2. The van der Waals surface area contributed by atoms with Crippen LogP contribution in [0.2, 0.25) is 0 Å². The van der Waals surface area contributed by atoms with E-state index in [0.29, 0.717) is 11.3 Å². The third kappa shape index (κ3) is 4.82. The molecule has 4 rings (SSSR count). The van der Waals surface area contributed by atoms with Gasteiger partial charge in [0, 0.05) is 44.6 Å². The van der Waals surface area contributed by atoms with E-state index in [1.165, 1.54) is 17.9 Å². The Hall–Kier alpha value is -3.16. The summed E-state index contributed by atoms with van der Waals surface area (Å²) in [5.74, 6) is 1.15. The number of aliphatic hydroxyl groups excluding tert-OH is 1. The van der Waals surface area contributed by atoms with Crippen molar-refractivity contribution in [1.82, 2.24) is 9.88 Å². The molecule has 0 bridgehead atoms. The largest absolute Gasteiger partial charge is 0.466 e. The molecule has 0 saturated carbocycles. The molecule has 1 aromatic carbocycles. The Labute approximate surface area is 169 Å². The average Bonchev–Trinajstić information content (AvgIpc) is 3.26. The Bertz CT molecular complexity index is 932. The fraction of sp³-hybridized carbons (Fsp3) is 0.273. The molecule has 0 aliphatic carbocycles. The number of carbonyl (C=O) groups is 1. The lowest BCUT2D eigenvalue weighted by molar-refractivity contribution is 0.102. The van der Waals surface area contributed by atoms with E-state index in [9.17, 15) is 4.79 Å². The van der Waals surface area contributed by atoms with Crippen LogP contribution in [0.15, 0.2) is 65.4 Å². The first-order valence-corrected chi connectivity index (χ1v) is 9.68. The number of rotatable bonds is 6. The van der Waals surface area contributed by atoms with Gasteiger partial charge in [0.25, 0.3) is 5.91 Å². The summed E-state index contributed by atoms with van der Waals surface area (Å²) < 4.78 is 5.09. The number of aliphatic hydroxyl groups is 1. The quantitative estimate of drug-likeness (QED) is 0.671. The van der Waals surface area contributed by atoms with E-state index < -0.39 is 0 Å². The standard InChI is InChI=1S/C22H24N4O3/c27-15-20-13-18(16-29-20)22(28)24-19-6-4-17(5-7-19)14-25-9-11-26(12-10-25)21-3-1-2-8-23-21/h1-8,13,16,27H,9-12,14-15H2,(H,24,28). The maximum absolute atomic E-state index is 12.2. The molecule has 0 unspecified atom stereocenters. The first kappa shape index (κ1) is 19.2. The summed E-state index contributed by atoms with van der Waals surface area (Å²) in [7, 11) is 0. The molecule has 3 aromatic rings. The maximum atomic E-state index is 12.2. The third-order valence-electron chi connectivity index (χ3n) is 5.04. The van der Waals surface area contributed by atoms with Gasteiger partial charge in [0.05, 0.1) is 5.56 Å². The number of furan rings is 1. The van der Waals surface area contributed by atoms with E-state index in [2.05, 4.69) is 26.2 Å². The van der Waals surface area contributed by atoms with Crippen molar-refractivity contribution in [2.45, 2.75) is 13.2 Å². The normalized spacial score (nSPS) is 14.7. The maximum Gasteiger partial charge on any atom is 0.258 e. The van der Waals surface area contributed by atoms with Crippen molar-refractivity contribution in [3.63, 3.8) is 0 Å². The lowest BCUT2D eigenvalue weighted by Crippen LogP contribution is -2.46. The molecule has 0 atom stereocenters. The SMILES string of the molecule is O=C(Nc1ccc(CN2CCN(c3ccccn3)CC2)cc1)c1coc(CO)c1. The topological polar surface area (TPSA) is 81.8 Å². The molecule has 3 heterocycles. The minimum atomic E-state index is -0.258. The Morgan fingerprint density at radius 1 is 1.10 bits per heavy atom. The van der Waals surface area contributed by atoms with E-state index in [4.69, 9.17) is 9.52 Å². The van der Waals surface area contributed by atoms with E-state index >= 15 is 0 Å². The second-order valence-corrected chi connectivity index (χ2v) is 7.06. The monoisotopic (exact) mass is 392 g/mol. The predicted molar refractivity (Wildman–Crippen MR) is 111 cm³/mol. The Morgan fingerprint density at radius 2 is 1.90 bits per heavy atom. The number of hydrogen-bond acceptors (Lipinski definition) is 6. The molecular weight excluding hydrogens is 368 g/mol. The predicted octanol–water partition coefficient (Wildman–Crippen LogP) is 2.74. The average molecular weight is 392 g/mol. The summed E-state index contributed by atoms with van der Waals surface area (Å²) in [4.78, 5) is 21.4. The first-order chi connectivity index (χ1) is 14.2. The molecule has 7 nitrogen and oxygen atoms in total. The lowest BCUT2D eigenvalue weighted by atomic mass is 10.1. The van der Waals surface area contributed by atoms with Crippen LogP contribution in [-0.2, 0) is 13.2 Å². The van der Waals surface area contributed by atoms with Gasteiger partial charge >= 0.3 is 0 Å². The molecule has 0 radical (unpaired) electrons. The summed E-state index contributed by atoms with van der Waals surface area (Å²) in [5.41, 5.74) is 2.33. The molecule has 2 N–H and O–H groups in total. The van der Waals surface area contributed by atoms with Crippen molar-refractivity contribution in [3.05, 3.63) is 77.9 Å². The Balaban J connectivity index is 1.28. The summed E-state index contributed by atoms with van der Waals surface area (Å²) in [6.07, 6.45) is 3.18. The van der Waals surface area contributed by atoms with Gasteiger partial charge in [-0.3, -0.25) is 9.69 Å². The van der Waals surface area contributed by atoms with Crippen molar-refractivity contribution >= 4 is 17.4 Å². The number of nitrogens with one attached hydrogen (secondary N) is 1. The number of amides is 1. The molecule has 29 heavy (non-hydrogen) atoms. The van der Waals surface area contributed by atoms with E-state index in [1.807, 2.05) is 42.6 Å². The number of nitrogens with zero attached hydrogens (tertiary/aromatic N) is 3. The minimum absolute atomic E-state index is 0.224. The molecule has 2 aromatic heterocycles. The van der Waals surface area contributed by atoms with Crippen LogP contribution in [0.25, 0.3) is 0 Å². The van der Waals surface area contributed by atoms with Crippen molar-refractivity contribution < 1.29 is 14.3 Å². The van der Waals surface area contributed by atoms with Gasteiger partial charge in [-0.2, -0.15) is 0 Å². The summed E-state index contributed by atoms with van der Waals surface area (Å²) in [6, 6.07) is 15.4. The molecule has 1 aliphatic rings. The van der Waals surface area contributed by atoms with E-state index in [0.717, 1.165) is 44.2 Å². The number of aromatic nitrogens is 1. The Morgan fingerprint density at radius 3 is 2.55 bits per heavy atom. The van der Waals surface area contributed by atoms with Crippen molar-refractivity contribution in [2.75, 3.05) is 36.4 Å². The van der Waals surface area contributed by atoms with Crippen LogP contribution < -0.4 is 10.2 Å². The van der Waals surface area contributed by atoms with Crippen LogP contribution in [0.1, 0.15) is 21.7 Å².